The molecule has 1 amide bonds. The van der Waals surface area contributed by atoms with Crippen molar-refractivity contribution in [2.24, 2.45) is 5.73 Å². The summed E-state index contributed by atoms with van der Waals surface area (Å²) in [5, 5.41) is 8.75. The Morgan fingerprint density at radius 1 is 1.11 bits per heavy atom. The first-order chi connectivity index (χ1) is 17.6. The Labute approximate surface area is 222 Å². The van der Waals surface area contributed by atoms with Gasteiger partial charge in [-0.2, -0.15) is 9.40 Å². The molecule has 5 rings (SSSR count). The van der Waals surface area contributed by atoms with Crippen LogP contribution >= 0.6 is 23.2 Å². The highest BCUT2D eigenvalue weighted by Gasteiger charge is 2.30. The quantitative estimate of drug-likeness (QED) is 0.341. The number of nitrogens with two attached hydrogens (primary N) is 1. The summed E-state index contributed by atoms with van der Waals surface area (Å²) in [4.78, 5) is 22.4. The number of sulfonamides is 1. The highest BCUT2D eigenvalue weighted by atomic mass is 35.5. The predicted octanol–water partition coefficient (Wildman–Crippen LogP) is 2.97. The lowest BCUT2D eigenvalue weighted by atomic mass is 10.1. The number of ether oxygens (including phenoxy) is 1. The van der Waals surface area contributed by atoms with Crippen LogP contribution in [0.2, 0.25) is 10.0 Å². The second-order valence-corrected chi connectivity index (χ2v) is 11.2. The first kappa shape index (κ1) is 25.4. The molecule has 0 saturated carbocycles. The molecule has 1 aliphatic rings. The topological polar surface area (TPSA) is 147 Å². The molecule has 11 nitrogen and oxygen atoms in total. The number of hydrogen-bond donors (Lipinski definition) is 2. The summed E-state index contributed by atoms with van der Waals surface area (Å²) in [6, 6.07) is 8.85. The minimum absolute atomic E-state index is 0.207. The zero-order valence-corrected chi connectivity index (χ0v) is 21.8. The van der Waals surface area contributed by atoms with Crippen LogP contribution in [0.15, 0.2) is 48.9 Å². The number of amides is 1. The van der Waals surface area contributed by atoms with E-state index in [-0.39, 0.29) is 25.5 Å². The number of anilines is 1. The summed E-state index contributed by atoms with van der Waals surface area (Å²) in [5.41, 5.74) is 8.74. The van der Waals surface area contributed by atoms with Crippen LogP contribution < -0.4 is 15.4 Å². The molecule has 0 aliphatic carbocycles. The van der Waals surface area contributed by atoms with Crippen molar-refractivity contribution in [1.29, 1.82) is 0 Å². The monoisotopic (exact) mass is 561 g/mol. The van der Waals surface area contributed by atoms with Crippen LogP contribution in [-0.2, 0) is 14.8 Å². The van der Waals surface area contributed by atoms with E-state index in [4.69, 9.17) is 33.7 Å². The van der Waals surface area contributed by atoms with Gasteiger partial charge in [0.2, 0.25) is 15.9 Å². The predicted molar refractivity (Wildman–Crippen MR) is 140 cm³/mol. The third kappa shape index (κ3) is 5.11. The first-order valence-corrected chi connectivity index (χ1v) is 13.6. The largest absolute Gasteiger partial charge is 0.471 e. The molecular weight excluding hydrogens is 541 g/mol. The van der Waals surface area contributed by atoms with Crippen molar-refractivity contribution in [2.75, 3.05) is 30.8 Å². The van der Waals surface area contributed by atoms with Crippen molar-refractivity contribution in [1.82, 2.24) is 24.5 Å². The average Bonchev–Trinajstić information content (AvgIpc) is 3.27. The molecule has 1 fully saturated rings. The number of nitrogens with one attached hydrogen (secondary N) is 1. The van der Waals surface area contributed by atoms with Crippen LogP contribution in [0.25, 0.3) is 22.2 Å². The van der Waals surface area contributed by atoms with Gasteiger partial charge in [0.15, 0.2) is 6.23 Å². The standard InChI is InChI=1S/C23H21Cl2N7O4S/c1-37(34,35)31-6-7-32(20(33)12-31)19-5-2-13(9-28-19)22-15-8-14(3-4-18(15)29-30-22)36-23(26)21-16(24)10-27-11-17(21)25/h2-5,8-11,23H,6-7,12,26H2,1H3,(H,29,30)/t23-/m0/s1. The van der Waals surface area contributed by atoms with Crippen LogP contribution in [-0.4, -0.2) is 64.7 Å². The number of pyridine rings is 2. The van der Waals surface area contributed by atoms with Crippen molar-refractivity contribution in [3.05, 3.63) is 64.5 Å². The molecule has 1 atom stereocenters. The lowest BCUT2D eigenvalue weighted by molar-refractivity contribution is -0.120. The highest BCUT2D eigenvalue weighted by molar-refractivity contribution is 7.88. The fourth-order valence-corrected chi connectivity index (χ4v) is 5.39. The molecule has 0 spiro atoms. The third-order valence-corrected chi connectivity index (χ3v) is 7.78. The Bertz CT molecular complexity index is 1570. The lowest BCUT2D eigenvalue weighted by Gasteiger charge is -2.32. The van der Waals surface area contributed by atoms with Crippen molar-refractivity contribution in [2.45, 2.75) is 6.23 Å². The van der Waals surface area contributed by atoms with E-state index in [1.54, 1.807) is 30.5 Å². The van der Waals surface area contributed by atoms with E-state index in [0.717, 1.165) is 21.5 Å². The molecule has 1 aliphatic heterocycles. The van der Waals surface area contributed by atoms with Crippen LogP contribution in [0.5, 0.6) is 5.75 Å². The molecular formula is C23H21Cl2N7O4S. The number of nitrogens with zero attached hydrogens (tertiary/aromatic N) is 5. The number of fused-ring (bicyclic) bond motifs is 1. The summed E-state index contributed by atoms with van der Waals surface area (Å²) >= 11 is 12.4. The van der Waals surface area contributed by atoms with Crippen LogP contribution in [0.3, 0.4) is 0 Å². The van der Waals surface area contributed by atoms with Gasteiger partial charge in [0.1, 0.15) is 17.3 Å². The number of hydrogen-bond acceptors (Lipinski definition) is 8. The minimum atomic E-state index is -3.43. The summed E-state index contributed by atoms with van der Waals surface area (Å²) in [6.07, 6.45) is 4.66. The normalized spacial score (nSPS) is 15.8. The molecule has 1 aromatic carbocycles. The first-order valence-electron chi connectivity index (χ1n) is 11.0. The fourth-order valence-electron chi connectivity index (χ4n) is 4.05. The van der Waals surface area contributed by atoms with E-state index < -0.39 is 16.3 Å². The summed E-state index contributed by atoms with van der Waals surface area (Å²) in [6.45, 7) is 0.210. The maximum absolute atomic E-state index is 12.5. The average molecular weight is 562 g/mol. The van der Waals surface area contributed by atoms with Gasteiger partial charge >= 0.3 is 0 Å². The minimum Gasteiger partial charge on any atom is -0.471 e. The number of aromatic nitrogens is 4. The van der Waals surface area contributed by atoms with Gasteiger partial charge in [-0.25, -0.2) is 13.4 Å². The molecule has 0 bridgehead atoms. The van der Waals surface area contributed by atoms with Crippen molar-refractivity contribution >= 4 is 55.9 Å². The molecule has 0 radical (unpaired) electrons. The van der Waals surface area contributed by atoms with Gasteiger partial charge in [0.25, 0.3) is 0 Å². The Hall–Kier alpha value is -3.29. The van der Waals surface area contributed by atoms with Gasteiger partial charge in [0.05, 0.1) is 28.4 Å². The maximum Gasteiger partial charge on any atom is 0.243 e. The van der Waals surface area contributed by atoms with Crippen LogP contribution in [0.1, 0.15) is 11.8 Å². The number of halogens is 2. The van der Waals surface area contributed by atoms with E-state index in [2.05, 4.69) is 20.2 Å². The van der Waals surface area contributed by atoms with Crippen molar-refractivity contribution in [3.8, 4) is 17.0 Å². The number of benzene rings is 1. The van der Waals surface area contributed by atoms with E-state index >= 15 is 0 Å². The Morgan fingerprint density at radius 2 is 1.86 bits per heavy atom. The SMILES string of the molecule is CS(=O)(=O)N1CCN(c2ccc(-c3n[nH]c4ccc(O[C@H](N)c5c(Cl)cncc5Cl)cc34)cn2)C(=O)C1. The molecule has 192 valence electrons. The van der Waals surface area contributed by atoms with Gasteiger partial charge in [-0.05, 0) is 30.3 Å². The van der Waals surface area contributed by atoms with Crippen molar-refractivity contribution < 1.29 is 17.9 Å². The Kier molecular flexibility index (Phi) is 6.77. The van der Waals surface area contributed by atoms with Crippen molar-refractivity contribution in [3.63, 3.8) is 0 Å². The van der Waals surface area contributed by atoms with Gasteiger partial charge in [0, 0.05) is 48.2 Å². The number of piperazine rings is 1. The Morgan fingerprint density at radius 3 is 2.51 bits per heavy atom. The molecule has 0 unspecified atom stereocenters. The summed E-state index contributed by atoms with van der Waals surface area (Å²) < 4.78 is 30.5. The van der Waals surface area contributed by atoms with Gasteiger partial charge in [-0.3, -0.25) is 25.5 Å². The molecule has 1 saturated heterocycles. The zero-order chi connectivity index (χ0) is 26.3. The zero-order valence-electron chi connectivity index (χ0n) is 19.4. The number of carbonyl (C=O) groups excluding carboxylic acids is 1. The van der Waals surface area contributed by atoms with E-state index in [0.29, 0.717) is 38.4 Å². The van der Waals surface area contributed by atoms with Gasteiger partial charge in [-0.1, -0.05) is 23.2 Å². The highest BCUT2D eigenvalue weighted by Crippen LogP contribution is 2.33. The number of H-pyrrole nitrogens is 1. The lowest BCUT2D eigenvalue weighted by Crippen LogP contribution is -2.52. The molecule has 37 heavy (non-hydrogen) atoms. The van der Waals surface area contributed by atoms with Crippen LogP contribution in [0, 0.1) is 0 Å². The second kappa shape index (κ2) is 9.88. The molecule has 4 heterocycles. The number of aromatic amines is 1. The maximum atomic E-state index is 12.5. The molecule has 3 N–H and O–H groups in total. The molecule has 4 aromatic rings. The molecule has 3 aromatic heterocycles. The van der Waals surface area contributed by atoms with E-state index in [1.165, 1.54) is 17.3 Å². The van der Waals surface area contributed by atoms with Crippen LogP contribution in [0.4, 0.5) is 5.82 Å². The van der Waals surface area contributed by atoms with Gasteiger partial charge < -0.3 is 4.74 Å². The fraction of sp³-hybridized carbons (Fsp3) is 0.217. The third-order valence-electron chi connectivity index (χ3n) is 5.92. The van der Waals surface area contributed by atoms with Gasteiger partial charge in [-0.15, -0.1) is 0 Å². The summed E-state index contributed by atoms with van der Waals surface area (Å²) in [5.74, 6) is 0.572. The Balaban J connectivity index is 1.37. The molecule has 14 heteroatoms. The number of rotatable bonds is 6. The number of carbonyl (C=O) groups is 1. The smallest absolute Gasteiger partial charge is 0.243 e. The van der Waals surface area contributed by atoms with E-state index in [1.807, 2.05) is 6.07 Å². The second-order valence-electron chi connectivity index (χ2n) is 8.38. The summed E-state index contributed by atoms with van der Waals surface area (Å²) in [7, 11) is -3.43. The van der Waals surface area contributed by atoms with E-state index in [9.17, 15) is 13.2 Å².